The van der Waals surface area contributed by atoms with E-state index in [1.807, 2.05) is 23.3 Å². The van der Waals surface area contributed by atoms with Gasteiger partial charge in [-0.3, -0.25) is 4.99 Å². The topological polar surface area (TPSA) is 49.8 Å². The Bertz CT molecular complexity index is 544. The maximum absolute atomic E-state index is 6.21. The molecule has 2 fully saturated rings. The third-order valence-electron chi connectivity index (χ3n) is 5.32. The molecule has 8 heteroatoms. The lowest BCUT2D eigenvalue weighted by atomic mass is 10.1. The molecule has 0 amide bonds. The largest absolute Gasteiger partial charge is 0.378 e. The molecular weight excluding hydrogens is 503 g/mol. The number of halogens is 1. The van der Waals surface area contributed by atoms with Crippen LogP contribution in [0.2, 0.25) is 0 Å². The molecule has 1 aromatic heterocycles. The second-order valence-electron chi connectivity index (χ2n) is 7.41. The fraction of sp³-hybridized carbons (Fsp3) is 0.800. The zero-order valence-corrected chi connectivity index (χ0v) is 20.9. The van der Waals surface area contributed by atoms with Crippen molar-refractivity contribution in [3.63, 3.8) is 0 Å². The van der Waals surface area contributed by atoms with Gasteiger partial charge >= 0.3 is 0 Å². The number of likely N-dealkylation sites (tertiary alicyclic amines) is 1. The van der Waals surface area contributed by atoms with Gasteiger partial charge in [0.25, 0.3) is 0 Å². The van der Waals surface area contributed by atoms with Crippen molar-refractivity contribution in [3.8, 4) is 0 Å². The van der Waals surface area contributed by atoms with E-state index in [-0.39, 0.29) is 24.0 Å². The SMILES string of the molecule is CCNC(=NCCCSc1nccs1)N1CCC(OCC2CCCC2)CC1.I. The summed E-state index contributed by atoms with van der Waals surface area (Å²) in [5.41, 5.74) is 0. The van der Waals surface area contributed by atoms with Crippen LogP contribution in [-0.2, 0) is 4.74 Å². The van der Waals surface area contributed by atoms with E-state index in [0.29, 0.717) is 6.10 Å². The molecule has 5 nitrogen and oxygen atoms in total. The maximum atomic E-state index is 6.21. The highest BCUT2D eigenvalue weighted by Gasteiger charge is 2.23. The molecule has 160 valence electrons. The molecule has 0 bridgehead atoms. The van der Waals surface area contributed by atoms with Crippen LogP contribution in [0.5, 0.6) is 0 Å². The lowest BCUT2D eigenvalue weighted by Gasteiger charge is -2.34. The van der Waals surface area contributed by atoms with E-state index in [1.165, 1.54) is 25.7 Å². The van der Waals surface area contributed by atoms with Crippen LogP contribution in [0.1, 0.15) is 51.9 Å². The number of aromatic nitrogens is 1. The van der Waals surface area contributed by atoms with Crippen molar-refractivity contribution in [3.05, 3.63) is 11.6 Å². The van der Waals surface area contributed by atoms with Crippen molar-refractivity contribution in [2.24, 2.45) is 10.9 Å². The van der Waals surface area contributed by atoms with E-state index < -0.39 is 0 Å². The Morgan fingerprint density at radius 3 is 2.79 bits per heavy atom. The molecule has 2 aliphatic rings. The quantitative estimate of drug-likeness (QED) is 0.160. The van der Waals surface area contributed by atoms with Gasteiger partial charge in [-0.2, -0.15) is 0 Å². The maximum Gasteiger partial charge on any atom is 0.193 e. The number of hydrogen-bond acceptors (Lipinski definition) is 5. The van der Waals surface area contributed by atoms with Crippen molar-refractivity contribution in [2.45, 2.75) is 62.3 Å². The fourth-order valence-electron chi connectivity index (χ4n) is 3.80. The standard InChI is InChI=1S/C20H34N4OS2.HI/c1-2-21-19(22-10-5-14-26-20-23-11-15-27-20)24-12-8-18(9-13-24)25-16-17-6-3-4-7-17;/h11,15,17-18H,2-10,12-14,16H2,1H3,(H,21,22);1H. The van der Waals surface area contributed by atoms with Crippen LogP contribution < -0.4 is 5.32 Å². The lowest BCUT2D eigenvalue weighted by Crippen LogP contribution is -2.47. The summed E-state index contributed by atoms with van der Waals surface area (Å²) in [5, 5.41) is 5.50. The first kappa shape index (κ1) is 24.2. The highest BCUT2D eigenvalue weighted by atomic mass is 127. The van der Waals surface area contributed by atoms with Crippen LogP contribution >= 0.6 is 47.1 Å². The summed E-state index contributed by atoms with van der Waals surface area (Å²) in [6.45, 7) is 7.02. The molecule has 0 aromatic carbocycles. The van der Waals surface area contributed by atoms with Crippen molar-refractivity contribution >= 4 is 53.0 Å². The Kier molecular flexibility index (Phi) is 12.1. The van der Waals surface area contributed by atoms with Crippen LogP contribution in [0.4, 0.5) is 0 Å². The normalized spacial score (nSPS) is 19.0. The first-order valence-corrected chi connectivity index (χ1v) is 12.4. The van der Waals surface area contributed by atoms with E-state index in [2.05, 4.69) is 22.1 Å². The van der Waals surface area contributed by atoms with Gasteiger partial charge in [-0.05, 0) is 44.9 Å². The van der Waals surface area contributed by atoms with Gasteiger partial charge < -0.3 is 15.0 Å². The molecule has 2 heterocycles. The van der Waals surface area contributed by atoms with Gasteiger partial charge in [0.1, 0.15) is 4.34 Å². The third kappa shape index (κ3) is 8.36. The monoisotopic (exact) mass is 538 g/mol. The van der Waals surface area contributed by atoms with Gasteiger partial charge in [-0.15, -0.1) is 35.3 Å². The molecule has 0 radical (unpaired) electrons. The number of ether oxygens (including phenoxy) is 1. The minimum Gasteiger partial charge on any atom is -0.378 e. The molecule has 1 aliphatic carbocycles. The van der Waals surface area contributed by atoms with Crippen LogP contribution in [-0.4, -0.2) is 60.5 Å². The molecule has 28 heavy (non-hydrogen) atoms. The predicted octanol–water partition coefficient (Wildman–Crippen LogP) is 4.88. The fourth-order valence-corrected chi connectivity index (χ4v) is 5.43. The number of hydrogen-bond donors (Lipinski definition) is 1. The Morgan fingerprint density at radius 1 is 1.32 bits per heavy atom. The number of thiazole rings is 1. The highest BCUT2D eigenvalue weighted by Crippen LogP contribution is 2.26. The average Bonchev–Trinajstić information content (AvgIpc) is 3.40. The Balaban J connectivity index is 0.00000280. The number of nitrogens with zero attached hydrogens (tertiary/aromatic N) is 3. The summed E-state index contributed by atoms with van der Waals surface area (Å²) in [6.07, 6.45) is 11.2. The Morgan fingerprint density at radius 2 is 2.11 bits per heavy atom. The molecule has 0 spiro atoms. The summed E-state index contributed by atoms with van der Waals surface area (Å²) in [7, 11) is 0. The minimum atomic E-state index is 0. The van der Waals surface area contributed by atoms with Crippen molar-refractivity contribution < 1.29 is 4.74 Å². The molecular formula is C20H35IN4OS2. The van der Waals surface area contributed by atoms with E-state index in [4.69, 9.17) is 9.73 Å². The zero-order valence-electron chi connectivity index (χ0n) is 17.0. The van der Waals surface area contributed by atoms with Crippen molar-refractivity contribution in [2.75, 3.05) is 38.5 Å². The number of rotatable bonds is 9. The zero-order chi connectivity index (χ0) is 18.7. The predicted molar refractivity (Wildman–Crippen MR) is 131 cm³/mol. The molecule has 1 saturated heterocycles. The lowest BCUT2D eigenvalue weighted by molar-refractivity contribution is 0.00102. The number of nitrogens with one attached hydrogen (secondary N) is 1. The van der Waals surface area contributed by atoms with Gasteiger partial charge in [0.05, 0.1) is 6.10 Å². The number of thioether (sulfide) groups is 1. The Hall–Kier alpha value is -0.0600. The molecule has 3 rings (SSSR count). The summed E-state index contributed by atoms with van der Waals surface area (Å²) in [5.74, 6) is 2.98. The molecule has 1 N–H and O–H groups in total. The minimum absolute atomic E-state index is 0. The van der Waals surface area contributed by atoms with E-state index >= 15 is 0 Å². The van der Waals surface area contributed by atoms with Crippen LogP contribution in [0, 0.1) is 5.92 Å². The van der Waals surface area contributed by atoms with Gasteiger partial charge in [-0.1, -0.05) is 24.6 Å². The van der Waals surface area contributed by atoms with Crippen LogP contribution in [0.25, 0.3) is 0 Å². The average molecular weight is 539 g/mol. The third-order valence-corrected chi connectivity index (χ3v) is 7.37. The summed E-state index contributed by atoms with van der Waals surface area (Å²) >= 11 is 3.55. The molecule has 1 aromatic rings. The summed E-state index contributed by atoms with van der Waals surface area (Å²) in [4.78, 5) is 11.6. The second kappa shape index (κ2) is 14.0. The number of guanidine groups is 1. The van der Waals surface area contributed by atoms with Crippen LogP contribution in [0.15, 0.2) is 20.9 Å². The van der Waals surface area contributed by atoms with Gasteiger partial charge in [0.2, 0.25) is 0 Å². The van der Waals surface area contributed by atoms with Gasteiger partial charge in [-0.25, -0.2) is 4.98 Å². The first-order chi connectivity index (χ1) is 13.3. The number of piperidine rings is 1. The van der Waals surface area contributed by atoms with E-state index in [0.717, 1.165) is 74.0 Å². The molecule has 0 unspecified atom stereocenters. The molecule has 1 aliphatic heterocycles. The van der Waals surface area contributed by atoms with E-state index in [1.54, 1.807) is 11.3 Å². The van der Waals surface area contributed by atoms with Crippen molar-refractivity contribution in [1.82, 2.24) is 15.2 Å². The molecule has 1 saturated carbocycles. The highest BCUT2D eigenvalue weighted by molar-refractivity contribution is 14.0. The summed E-state index contributed by atoms with van der Waals surface area (Å²) in [6, 6.07) is 0. The first-order valence-electron chi connectivity index (χ1n) is 10.5. The van der Waals surface area contributed by atoms with Gasteiger partial charge in [0, 0.05) is 50.1 Å². The summed E-state index contributed by atoms with van der Waals surface area (Å²) < 4.78 is 7.37. The molecule has 0 atom stereocenters. The Labute approximate surface area is 195 Å². The van der Waals surface area contributed by atoms with E-state index in [9.17, 15) is 0 Å². The smallest absolute Gasteiger partial charge is 0.193 e. The number of aliphatic imine (C=N–C) groups is 1. The van der Waals surface area contributed by atoms with Crippen molar-refractivity contribution in [1.29, 1.82) is 0 Å². The van der Waals surface area contributed by atoms with Gasteiger partial charge in [0.15, 0.2) is 5.96 Å². The van der Waals surface area contributed by atoms with Crippen LogP contribution in [0.3, 0.4) is 0 Å². The second-order valence-corrected chi connectivity index (χ2v) is 9.64.